The Morgan fingerprint density at radius 1 is 0.846 bits per heavy atom. The third-order valence-electron chi connectivity index (χ3n) is 4.65. The van der Waals surface area contributed by atoms with Crippen LogP contribution in [0.15, 0.2) is 72.1 Å². The zero-order valence-corrected chi connectivity index (χ0v) is 14.4. The summed E-state index contributed by atoms with van der Waals surface area (Å²) in [6.07, 6.45) is 7.66. The molecular weight excluding hydrogens is 322 g/mol. The highest BCUT2D eigenvalue weighted by atomic mass is 15.2. The van der Waals surface area contributed by atoms with Gasteiger partial charge in [-0.05, 0) is 12.1 Å². The van der Waals surface area contributed by atoms with E-state index in [-0.39, 0.29) is 0 Å². The van der Waals surface area contributed by atoms with Crippen molar-refractivity contribution in [1.29, 1.82) is 0 Å². The highest BCUT2D eigenvalue weighted by Crippen LogP contribution is 2.30. The highest BCUT2D eigenvalue weighted by Gasteiger charge is 2.13. The van der Waals surface area contributed by atoms with Crippen molar-refractivity contribution >= 4 is 33.6 Å². The monoisotopic (exact) mass is 339 g/mol. The molecule has 0 saturated heterocycles. The Kier molecular flexibility index (Phi) is 3.31. The number of allylic oxidation sites excluding steroid dienone is 1. The molecule has 0 amide bonds. The van der Waals surface area contributed by atoms with Gasteiger partial charge in [0.05, 0.1) is 11.0 Å². The molecule has 0 fully saturated rings. The lowest BCUT2D eigenvalue weighted by Crippen LogP contribution is -2.15. The average molecular weight is 339 g/mol. The molecule has 26 heavy (non-hydrogen) atoms. The fraction of sp³-hybridized carbons (Fsp3) is 0.0952. The second-order valence-electron chi connectivity index (χ2n) is 6.44. The Balaban J connectivity index is 1.67. The molecule has 2 aromatic heterocycles. The minimum absolute atomic E-state index is 0.674. The van der Waals surface area contributed by atoms with Crippen molar-refractivity contribution in [1.82, 2.24) is 19.4 Å². The Morgan fingerprint density at radius 3 is 2.08 bits per heavy atom. The summed E-state index contributed by atoms with van der Waals surface area (Å²) in [5.41, 5.74) is 4.21. The molecule has 0 saturated carbocycles. The summed E-state index contributed by atoms with van der Waals surface area (Å²) in [6.45, 7) is 0.684. The van der Waals surface area contributed by atoms with Gasteiger partial charge in [0.15, 0.2) is 0 Å². The molecule has 5 nitrogen and oxygen atoms in total. The van der Waals surface area contributed by atoms with Gasteiger partial charge in [0.2, 0.25) is 5.95 Å². The number of hydrogen-bond donors (Lipinski definition) is 0. The topological polar surface area (TPSA) is 46.3 Å². The van der Waals surface area contributed by atoms with E-state index in [1.54, 1.807) is 0 Å². The van der Waals surface area contributed by atoms with Gasteiger partial charge in [-0.2, -0.15) is 0 Å². The predicted molar refractivity (Wildman–Crippen MR) is 105 cm³/mol. The van der Waals surface area contributed by atoms with Crippen molar-refractivity contribution in [3.63, 3.8) is 0 Å². The molecule has 0 radical (unpaired) electrons. The zero-order chi connectivity index (χ0) is 17.5. The number of benzene rings is 2. The largest absolute Gasteiger partial charge is 0.361 e. The van der Waals surface area contributed by atoms with Crippen LogP contribution in [0.3, 0.4) is 0 Å². The maximum atomic E-state index is 4.65. The molecule has 1 aliphatic heterocycles. The van der Waals surface area contributed by atoms with Crippen LogP contribution in [0.5, 0.6) is 0 Å². The molecule has 1 aliphatic rings. The maximum Gasteiger partial charge on any atom is 0.234 e. The van der Waals surface area contributed by atoms with Crippen molar-refractivity contribution in [3.05, 3.63) is 72.7 Å². The molecule has 0 N–H and O–H groups in total. The first kappa shape index (κ1) is 14.8. The van der Waals surface area contributed by atoms with Gasteiger partial charge >= 0.3 is 0 Å². The van der Waals surface area contributed by atoms with Gasteiger partial charge in [0.1, 0.15) is 6.67 Å². The summed E-state index contributed by atoms with van der Waals surface area (Å²) in [4.78, 5) is 15.7. The van der Waals surface area contributed by atoms with Crippen molar-refractivity contribution in [3.8, 4) is 5.95 Å². The standard InChI is InChI=1S/C21H17N5/c1-25-13-16(10-22-14-25)15-11-23-21(24-12-15)26-19-8-4-2-6-17(19)18-7-3-5-9-20(18)26/h2-13H,14H2,1H3. The minimum atomic E-state index is 0.674. The Bertz CT molecular complexity index is 1110. The summed E-state index contributed by atoms with van der Waals surface area (Å²) in [6, 6.07) is 16.7. The van der Waals surface area contributed by atoms with E-state index >= 15 is 0 Å². The van der Waals surface area contributed by atoms with E-state index in [1.807, 2.05) is 42.7 Å². The smallest absolute Gasteiger partial charge is 0.234 e. The van der Waals surface area contributed by atoms with Crippen LogP contribution in [0.1, 0.15) is 5.56 Å². The van der Waals surface area contributed by atoms with Crippen LogP contribution in [-0.4, -0.2) is 39.4 Å². The first-order valence-electron chi connectivity index (χ1n) is 8.54. The van der Waals surface area contributed by atoms with E-state index in [4.69, 9.17) is 0 Å². The number of fused-ring (bicyclic) bond motifs is 3. The lowest BCUT2D eigenvalue weighted by atomic mass is 10.1. The van der Waals surface area contributed by atoms with Gasteiger partial charge in [-0.25, -0.2) is 9.97 Å². The van der Waals surface area contributed by atoms with Crippen molar-refractivity contribution in [2.45, 2.75) is 0 Å². The second-order valence-corrected chi connectivity index (χ2v) is 6.44. The fourth-order valence-electron chi connectivity index (χ4n) is 3.45. The summed E-state index contributed by atoms with van der Waals surface area (Å²) < 4.78 is 2.11. The molecule has 0 aliphatic carbocycles. The van der Waals surface area contributed by atoms with Crippen LogP contribution in [0, 0.1) is 0 Å². The highest BCUT2D eigenvalue weighted by molar-refractivity contribution is 6.10. The minimum Gasteiger partial charge on any atom is -0.361 e. The molecule has 0 bridgehead atoms. The molecular formula is C21H17N5. The van der Waals surface area contributed by atoms with Crippen LogP contribution in [0.4, 0.5) is 0 Å². The summed E-state index contributed by atoms with van der Waals surface area (Å²) in [5, 5.41) is 2.42. The third-order valence-corrected chi connectivity index (χ3v) is 4.65. The molecule has 5 rings (SSSR count). The van der Waals surface area contributed by atoms with Crippen LogP contribution >= 0.6 is 0 Å². The quantitative estimate of drug-likeness (QED) is 0.557. The molecule has 4 aromatic rings. The molecule has 2 aromatic carbocycles. The van der Waals surface area contributed by atoms with E-state index in [1.165, 1.54) is 10.8 Å². The van der Waals surface area contributed by atoms with Crippen molar-refractivity contribution in [2.24, 2.45) is 4.99 Å². The molecule has 0 atom stereocenters. The van der Waals surface area contributed by atoms with Crippen LogP contribution in [0.25, 0.3) is 33.3 Å². The third kappa shape index (κ3) is 2.29. The van der Waals surface area contributed by atoms with Gasteiger partial charge in [-0.3, -0.25) is 9.56 Å². The number of nitrogens with zero attached hydrogens (tertiary/aromatic N) is 5. The Hall–Kier alpha value is -3.47. The van der Waals surface area contributed by atoms with E-state index in [0.717, 1.165) is 22.2 Å². The number of para-hydroxylation sites is 2. The molecule has 0 spiro atoms. The van der Waals surface area contributed by atoms with Crippen LogP contribution < -0.4 is 0 Å². The van der Waals surface area contributed by atoms with E-state index < -0.39 is 0 Å². The van der Waals surface area contributed by atoms with Crippen molar-refractivity contribution in [2.75, 3.05) is 13.7 Å². The molecule has 3 heterocycles. The predicted octanol–water partition coefficient (Wildman–Crippen LogP) is 3.89. The normalized spacial score (nSPS) is 14.2. The average Bonchev–Trinajstić information content (AvgIpc) is 3.03. The van der Waals surface area contributed by atoms with Gasteiger partial charge in [0.25, 0.3) is 0 Å². The van der Waals surface area contributed by atoms with Crippen molar-refractivity contribution < 1.29 is 0 Å². The van der Waals surface area contributed by atoms with Crippen LogP contribution in [0.2, 0.25) is 0 Å². The number of aliphatic imine (C=N–C) groups is 1. The molecule has 5 heteroatoms. The first-order valence-corrected chi connectivity index (χ1v) is 8.54. The number of rotatable bonds is 2. The molecule has 0 unspecified atom stereocenters. The van der Waals surface area contributed by atoms with Gasteiger partial charge in [0, 0.05) is 53.8 Å². The Labute approximate surface area is 150 Å². The van der Waals surface area contributed by atoms with E-state index in [0.29, 0.717) is 12.6 Å². The SMILES string of the molecule is CN1C=C(c2cnc(-n3c4ccccc4c4ccccc43)nc2)C=NC1. The summed E-state index contributed by atoms with van der Waals surface area (Å²) in [7, 11) is 2.00. The maximum absolute atomic E-state index is 4.65. The van der Waals surface area contributed by atoms with Gasteiger partial charge < -0.3 is 4.90 Å². The number of hydrogen-bond acceptors (Lipinski definition) is 4. The van der Waals surface area contributed by atoms with Gasteiger partial charge in [-0.1, -0.05) is 36.4 Å². The lowest BCUT2D eigenvalue weighted by Gasteiger charge is -2.17. The lowest BCUT2D eigenvalue weighted by molar-refractivity contribution is 0.472. The number of aromatic nitrogens is 3. The summed E-state index contributed by atoms with van der Waals surface area (Å²) >= 11 is 0. The van der Waals surface area contributed by atoms with E-state index in [2.05, 4.69) is 62.1 Å². The fourth-order valence-corrected chi connectivity index (χ4v) is 3.45. The zero-order valence-electron chi connectivity index (χ0n) is 14.4. The second kappa shape index (κ2) is 5.81. The van der Waals surface area contributed by atoms with Gasteiger partial charge in [-0.15, -0.1) is 0 Å². The first-order chi connectivity index (χ1) is 12.8. The van der Waals surface area contributed by atoms with Crippen LogP contribution in [-0.2, 0) is 0 Å². The summed E-state index contributed by atoms with van der Waals surface area (Å²) in [5.74, 6) is 0.674. The Morgan fingerprint density at radius 2 is 1.46 bits per heavy atom. The molecule has 126 valence electrons. The van der Waals surface area contributed by atoms with E-state index in [9.17, 15) is 0 Å².